The highest BCUT2D eigenvalue weighted by molar-refractivity contribution is 5.85. The molecule has 2 aromatic rings. The van der Waals surface area contributed by atoms with Gasteiger partial charge in [0.1, 0.15) is 5.60 Å². The fourth-order valence-corrected chi connectivity index (χ4v) is 5.43. The number of nitrogens with one attached hydrogen (secondary N) is 1. The average molecular weight is 409 g/mol. The summed E-state index contributed by atoms with van der Waals surface area (Å²) in [7, 11) is 1.65. The number of pyridine rings is 2. The van der Waals surface area contributed by atoms with Crippen LogP contribution in [-0.2, 0) is 16.1 Å². The minimum atomic E-state index is -0.716. The Morgan fingerprint density at radius 3 is 2.77 bits per heavy atom. The van der Waals surface area contributed by atoms with Crippen LogP contribution in [0, 0.1) is 5.92 Å². The lowest BCUT2D eigenvalue weighted by Gasteiger charge is -2.46. The summed E-state index contributed by atoms with van der Waals surface area (Å²) < 4.78 is 7.69. The van der Waals surface area contributed by atoms with Crippen molar-refractivity contribution in [1.82, 2.24) is 19.8 Å². The van der Waals surface area contributed by atoms with Crippen molar-refractivity contribution >= 4 is 5.91 Å². The van der Waals surface area contributed by atoms with E-state index in [0.717, 1.165) is 36.5 Å². The fraction of sp³-hybridized carbons (Fsp3) is 0.522. The van der Waals surface area contributed by atoms with Crippen LogP contribution in [0.1, 0.15) is 30.9 Å². The van der Waals surface area contributed by atoms with Gasteiger partial charge in [0.2, 0.25) is 0 Å². The minimum absolute atomic E-state index is 0.0225. The Morgan fingerprint density at radius 1 is 1.20 bits per heavy atom. The van der Waals surface area contributed by atoms with Gasteiger partial charge in [-0.1, -0.05) is 6.07 Å². The van der Waals surface area contributed by atoms with Crippen molar-refractivity contribution < 1.29 is 9.53 Å². The normalized spacial score (nSPS) is 24.9. The molecule has 7 nitrogen and oxygen atoms in total. The Labute approximate surface area is 176 Å². The number of aromatic nitrogens is 2. The first kappa shape index (κ1) is 19.5. The summed E-state index contributed by atoms with van der Waals surface area (Å²) in [5, 5.41) is 3.32. The van der Waals surface area contributed by atoms with Crippen molar-refractivity contribution in [3.8, 4) is 11.3 Å². The van der Waals surface area contributed by atoms with Gasteiger partial charge in [-0.2, -0.15) is 0 Å². The number of hydrogen-bond acceptors (Lipinski definition) is 5. The van der Waals surface area contributed by atoms with Crippen LogP contribution in [0.2, 0.25) is 0 Å². The Hall–Kier alpha value is -2.51. The van der Waals surface area contributed by atoms with E-state index in [1.54, 1.807) is 19.4 Å². The molecule has 0 spiro atoms. The highest BCUT2D eigenvalue weighted by Gasteiger charge is 2.46. The molecule has 158 valence electrons. The van der Waals surface area contributed by atoms with Gasteiger partial charge < -0.3 is 19.5 Å². The summed E-state index contributed by atoms with van der Waals surface area (Å²) in [6, 6.07) is 9.50. The van der Waals surface area contributed by atoms with Gasteiger partial charge in [-0.05, 0) is 56.5 Å². The number of rotatable bonds is 3. The van der Waals surface area contributed by atoms with Crippen LogP contribution in [-0.4, -0.2) is 59.2 Å². The third-order valence-corrected chi connectivity index (χ3v) is 7.00. The van der Waals surface area contributed by atoms with Gasteiger partial charge >= 0.3 is 0 Å². The van der Waals surface area contributed by atoms with E-state index in [1.165, 1.54) is 0 Å². The molecule has 7 heteroatoms. The number of nitrogens with zero attached hydrogens (tertiary/aromatic N) is 3. The molecule has 5 rings (SSSR count). The first-order chi connectivity index (χ1) is 14.6. The van der Waals surface area contributed by atoms with E-state index in [1.807, 2.05) is 27.7 Å². The molecule has 3 aliphatic heterocycles. The second-order valence-electron chi connectivity index (χ2n) is 8.79. The minimum Gasteiger partial charge on any atom is -0.368 e. The molecule has 0 aromatic carbocycles. The number of amides is 1. The fourth-order valence-electron chi connectivity index (χ4n) is 5.43. The number of methoxy groups -OCH3 is 1. The maximum Gasteiger partial charge on any atom is 0.254 e. The van der Waals surface area contributed by atoms with Crippen LogP contribution < -0.4 is 10.9 Å². The Balaban J connectivity index is 1.46. The molecule has 2 atom stereocenters. The first-order valence-electron chi connectivity index (χ1n) is 10.8. The molecule has 5 heterocycles. The second kappa shape index (κ2) is 7.63. The van der Waals surface area contributed by atoms with Crippen molar-refractivity contribution in [2.24, 2.45) is 5.92 Å². The summed E-state index contributed by atoms with van der Waals surface area (Å²) in [6.45, 7) is 3.59. The number of fused-ring (bicyclic) bond motifs is 4. The largest absolute Gasteiger partial charge is 0.368 e. The molecular formula is C23H28N4O3. The number of carbonyl (C=O) groups excluding carboxylic acids is 1. The third-order valence-electron chi connectivity index (χ3n) is 7.00. The van der Waals surface area contributed by atoms with Crippen LogP contribution in [0.25, 0.3) is 11.3 Å². The lowest BCUT2D eigenvalue weighted by molar-refractivity contribution is -0.161. The molecule has 0 radical (unpaired) electrons. The van der Waals surface area contributed by atoms with Crippen molar-refractivity contribution in [1.29, 1.82) is 0 Å². The maximum atomic E-state index is 13.5. The molecule has 0 aliphatic carbocycles. The van der Waals surface area contributed by atoms with E-state index in [9.17, 15) is 9.59 Å². The number of hydrogen-bond donors (Lipinski definition) is 1. The van der Waals surface area contributed by atoms with Gasteiger partial charge in [0.25, 0.3) is 11.5 Å². The predicted octanol–water partition coefficient (Wildman–Crippen LogP) is 1.62. The molecule has 2 fully saturated rings. The van der Waals surface area contributed by atoms with Gasteiger partial charge in [0, 0.05) is 56.2 Å². The molecule has 0 unspecified atom stereocenters. The predicted molar refractivity (Wildman–Crippen MR) is 113 cm³/mol. The smallest absolute Gasteiger partial charge is 0.254 e. The van der Waals surface area contributed by atoms with Crippen molar-refractivity contribution in [3.05, 3.63) is 52.6 Å². The van der Waals surface area contributed by atoms with E-state index < -0.39 is 5.60 Å². The van der Waals surface area contributed by atoms with Crippen LogP contribution >= 0.6 is 0 Å². The molecule has 2 saturated heterocycles. The zero-order chi connectivity index (χ0) is 20.7. The van der Waals surface area contributed by atoms with Crippen molar-refractivity contribution in [2.45, 2.75) is 37.3 Å². The quantitative estimate of drug-likeness (QED) is 0.835. The molecule has 30 heavy (non-hydrogen) atoms. The van der Waals surface area contributed by atoms with Gasteiger partial charge in [-0.25, -0.2) is 0 Å². The van der Waals surface area contributed by atoms with E-state index >= 15 is 0 Å². The molecule has 1 amide bonds. The Morgan fingerprint density at radius 2 is 2.03 bits per heavy atom. The van der Waals surface area contributed by atoms with E-state index in [2.05, 4.69) is 16.4 Å². The SMILES string of the molecule is COC1(C(=O)N2C[C@@H]3C[C@H](C2)c2cc(-c4ccccn4)cc(=O)n2C3)CCNCC1. The molecule has 0 saturated carbocycles. The summed E-state index contributed by atoms with van der Waals surface area (Å²) in [4.78, 5) is 32.8. The lowest BCUT2D eigenvalue weighted by Crippen LogP contribution is -2.59. The standard InChI is InChI=1S/C23H28N4O3/c1-30-23(5-8-24-9-6-23)22(29)26-13-16-10-18(15-26)20-11-17(12-21(28)27(20)14-16)19-4-2-3-7-25-19/h2-4,7,11-12,16,18,24H,5-6,8-10,13-15H2,1H3/t16-,18+/m0/s1. The van der Waals surface area contributed by atoms with Crippen molar-refractivity contribution in [2.75, 3.05) is 33.3 Å². The molecule has 1 N–H and O–H groups in total. The summed E-state index contributed by atoms with van der Waals surface area (Å²) in [5.41, 5.74) is 1.98. The van der Waals surface area contributed by atoms with E-state index in [4.69, 9.17) is 4.74 Å². The molecule has 3 aliphatic rings. The van der Waals surface area contributed by atoms with Gasteiger partial charge in [-0.3, -0.25) is 14.6 Å². The van der Waals surface area contributed by atoms with Crippen LogP contribution in [0.3, 0.4) is 0 Å². The highest BCUT2D eigenvalue weighted by Crippen LogP contribution is 2.38. The van der Waals surface area contributed by atoms with E-state index in [-0.39, 0.29) is 17.4 Å². The van der Waals surface area contributed by atoms with Crippen LogP contribution in [0.4, 0.5) is 0 Å². The summed E-state index contributed by atoms with van der Waals surface area (Å²) >= 11 is 0. The van der Waals surface area contributed by atoms with Crippen LogP contribution in [0.15, 0.2) is 41.3 Å². The molecular weight excluding hydrogens is 380 g/mol. The van der Waals surface area contributed by atoms with E-state index in [0.29, 0.717) is 38.4 Å². The number of likely N-dealkylation sites (tertiary alicyclic amines) is 1. The Bertz CT molecular complexity index is 997. The van der Waals surface area contributed by atoms with Gasteiger partial charge in [-0.15, -0.1) is 0 Å². The zero-order valence-electron chi connectivity index (χ0n) is 17.3. The van der Waals surface area contributed by atoms with Gasteiger partial charge in [0.05, 0.1) is 5.69 Å². The number of ether oxygens (including phenoxy) is 1. The topological polar surface area (TPSA) is 76.5 Å². The number of carbonyl (C=O) groups is 1. The maximum absolute atomic E-state index is 13.5. The number of piperidine rings is 2. The lowest BCUT2D eigenvalue weighted by atomic mass is 9.81. The highest BCUT2D eigenvalue weighted by atomic mass is 16.5. The summed E-state index contributed by atoms with van der Waals surface area (Å²) in [5.74, 6) is 0.570. The average Bonchev–Trinajstić information content (AvgIpc) is 2.80. The van der Waals surface area contributed by atoms with Crippen molar-refractivity contribution in [3.63, 3.8) is 0 Å². The summed E-state index contributed by atoms with van der Waals surface area (Å²) in [6.07, 6.45) is 4.16. The molecule has 2 aromatic heterocycles. The zero-order valence-corrected chi connectivity index (χ0v) is 17.3. The monoisotopic (exact) mass is 408 g/mol. The first-order valence-corrected chi connectivity index (χ1v) is 10.8. The Kier molecular flexibility index (Phi) is 4.95. The second-order valence-corrected chi connectivity index (χ2v) is 8.79. The third kappa shape index (κ3) is 3.26. The van der Waals surface area contributed by atoms with Gasteiger partial charge in [0.15, 0.2) is 0 Å². The van der Waals surface area contributed by atoms with Crippen LogP contribution in [0.5, 0.6) is 0 Å². The molecule has 2 bridgehead atoms.